The summed E-state index contributed by atoms with van der Waals surface area (Å²) >= 11 is 12.2. The van der Waals surface area contributed by atoms with Crippen LogP contribution in [0.25, 0.3) is 0 Å². The molecule has 2 saturated carbocycles. The molecule has 0 radical (unpaired) electrons. The Kier molecular flexibility index (Phi) is 4.62. The molecule has 2 atom stereocenters. The van der Waals surface area contributed by atoms with Crippen molar-refractivity contribution in [1.29, 1.82) is 0 Å². The maximum Gasteiger partial charge on any atom is 0.230 e. The third-order valence-electron chi connectivity index (χ3n) is 4.85. The number of benzene rings is 1. The average Bonchev–Trinajstić information content (AvgIpc) is 2.91. The van der Waals surface area contributed by atoms with Crippen molar-refractivity contribution < 1.29 is 4.52 Å². The number of halogens is 3. The van der Waals surface area contributed by atoms with Gasteiger partial charge in [0.1, 0.15) is 0 Å². The molecule has 2 fully saturated rings. The van der Waals surface area contributed by atoms with Crippen molar-refractivity contribution >= 4 is 35.6 Å². The fourth-order valence-corrected chi connectivity index (χ4v) is 3.98. The zero-order chi connectivity index (χ0) is 15.3. The Morgan fingerprint density at radius 1 is 1.17 bits per heavy atom. The first kappa shape index (κ1) is 17.0. The van der Waals surface area contributed by atoms with Crippen molar-refractivity contribution in [2.45, 2.75) is 49.5 Å². The Hall–Kier alpha value is -0.810. The molecule has 2 aromatic rings. The molecule has 0 saturated heterocycles. The van der Waals surface area contributed by atoms with Gasteiger partial charge in [0.15, 0.2) is 5.82 Å². The summed E-state index contributed by atoms with van der Waals surface area (Å²) in [6.45, 7) is 0. The first-order valence-electron chi connectivity index (χ1n) is 7.65. The van der Waals surface area contributed by atoms with E-state index in [2.05, 4.69) is 10.1 Å². The summed E-state index contributed by atoms with van der Waals surface area (Å²) in [6.07, 6.45) is 5.10. The number of hydrogen-bond donors (Lipinski definition) is 1. The van der Waals surface area contributed by atoms with Gasteiger partial charge in [0, 0.05) is 16.0 Å². The number of rotatable bonds is 3. The summed E-state index contributed by atoms with van der Waals surface area (Å²) in [5.41, 5.74) is 7.08. The molecule has 2 N–H and O–H groups in total. The van der Waals surface area contributed by atoms with Gasteiger partial charge in [0.05, 0.1) is 5.54 Å². The third kappa shape index (κ3) is 3.10. The van der Waals surface area contributed by atoms with E-state index >= 15 is 0 Å². The van der Waals surface area contributed by atoms with Crippen LogP contribution in [0.1, 0.15) is 61.2 Å². The topological polar surface area (TPSA) is 64.9 Å². The second-order valence-corrected chi connectivity index (χ2v) is 7.28. The molecule has 7 heteroatoms. The predicted molar refractivity (Wildman–Crippen MR) is 92.4 cm³/mol. The zero-order valence-corrected chi connectivity index (χ0v) is 14.8. The molecule has 2 aliphatic rings. The van der Waals surface area contributed by atoms with Gasteiger partial charge in [-0.1, -0.05) is 47.3 Å². The van der Waals surface area contributed by atoms with Gasteiger partial charge in [-0.25, -0.2) is 0 Å². The van der Waals surface area contributed by atoms with Crippen LogP contribution in [-0.2, 0) is 5.54 Å². The van der Waals surface area contributed by atoms with Gasteiger partial charge in [0.2, 0.25) is 5.89 Å². The van der Waals surface area contributed by atoms with Crippen LogP contribution in [0.4, 0.5) is 0 Å². The van der Waals surface area contributed by atoms with Gasteiger partial charge < -0.3 is 10.3 Å². The highest BCUT2D eigenvalue weighted by molar-refractivity contribution is 6.35. The van der Waals surface area contributed by atoms with Gasteiger partial charge in [-0.05, 0) is 42.9 Å². The number of nitrogens with two attached hydrogens (primary N) is 1. The summed E-state index contributed by atoms with van der Waals surface area (Å²) in [5, 5.41) is 5.48. The summed E-state index contributed by atoms with van der Waals surface area (Å²) in [6, 6.07) is 5.62. The standard InChI is InChI=1S/C16H17Cl2N3O.ClH/c17-9-3-4-10(13(18)7-9)11-8-12(11)14-20-15(21-22-14)16(19)5-1-2-6-16;/h3-4,7,11-12H,1-2,5-6,8,19H2;1H. The molecule has 4 nitrogen and oxygen atoms in total. The number of hydrogen-bond acceptors (Lipinski definition) is 4. The van der Waals surface area contributed by atoms with Crippen molar-refractivity contribution in [2.75, 3.05) is 0 Å². The zero-order valence-electron chi connectivity index (χ0n) is 12.5. The number of nitrogens with zero attached hydrogens (tertiary/aromatic N) is 2. The molecule has 1 aromatic heterocycles. The molecule has 1 aromatic carbocycles. The average molecular weight is 375 g/mol. The van der Waals surface area contributed by atoms with E-state index in [0.717, 1.165) is 37.7 Å². The van der Waals surface area contributed by atoms with Crippen LogP contribution in [0.5, 0.6) is 0 Å². The van der Waals surface area contributed by atoms with E-state index in [4.69, 9.17) is 33.5 Å². The molecular formula is C16H18Cl3N3O. The molecule has 124 valence electrons. The molecule has 2 aliphatic carbocycles. The molecule has 23 heavy (non-hydrogen) atoms. The predicted octanol–water partition coefficient (Wildman–Crippen LogP) is 4.80. The van der Waals surface area contributed by atoms with Crippen molar-refractivity contribution in [3.8, 4) is 0 Å². The van der Waals surface area contributed by atoms with Gasteiger partial charge in [-0.2, -0.15) is 4.98 Å². The molecule has 0 amide bonds. The van der Waals surface area contributed by atoms with E-state index in [1.54, 1.807) is 6.07 Å². The Labute approximate surface area is 151 Å². The van der Waals surface area contributed by atoms with Crippen LogP contribution in [0.15, 0.2) is 22.7 Å². The largest absolute Gasteiger partial charge is 0.339 e. The second-order valence-electron chi connectivity index (χ2n) is 6.43. The number of aromatic nitrogens is 2. The van der Waals surface area contributed by atoms with Gasteiger partial charge in [-0.3, -0.25) is 0 Å². The molecule has 1 heterocycles. The Morgan fingerprint density at radius 2 is 1.91 bits per heavy atom. The Bertz CT molecular complexity index is 712. The van der Waals surface area contributed by atoms with Crippen LogP contribution in [0, 0.1) is 0 Å². The molecule has 4 rings (SSSR count). The molecular weight excluding hydrogens is 357 g/mol. The maximum absolute atomic E-state index is 6.38. The molecule has 0 bridgehead atoms. The summed E-state index contributed by atoms with van der Waals surface area (Å²) in [5.74, 6) is 1.91. The highest BCUT2D eigenvalue weighted by Crippen LogP contribution is 2.56. The summed E-state index contributed by atoms with van der Waals surface area (Å²) in [7, 11) is 0. The summed E-state index contributed by atoms with van der Waals surface area (Å²) < 4.78 is 5.47. The summed E-state index contributed by atoms with van der Waals surface area (Å²) in [4.78, 5) is 4.58. The molecule has 0 aliphatic heterocycles. The van der Waals surface area contributed by atoms with Crippen LogP contribution >= 0.6 is 35.6 Å². The second kappa shape index (κ2) is 6.25. The molecule has 0 spiro atoms. The van der Waals surface area contributed by atoms with Crippen molar-refractivity contribution in [3.63, 3.8) is 0 Å². The van der Waals surface area contributed by atoms with Crippen LogP contribution in [0.3, 0.4) is 0 Å². The van der Waals surface area contributed by atoms with Crippen molar-refractivity contribution in [1.82, 2.24) is 10.1 Å². The fourth-order valence-electron chi connectivity index (χ4n) is 3.43. The lowest BCUT2D eigenvalue weighted by atomic mass is 9.99. The monoisotopic (exact) mass is 373 g/mol. The highest BCUT2D eigenvalue weighted by Gasteiger charge is 2.46. The third-order valence-corrected chi connectivity index (χ3v) is 5.41. The van der Waals surface area contributed by atoms with E-state index < -0.39 is 5.54 Å². The lowest BCUT2D eigenvalue weighted by molar-refractivity contribution is 0.348. The first-order valence-corrected chi connectivity index (χ1v) is 8.40. The van der Waals surface area contributed by atoms with Crippen LogP contribution < -0.4 is 5.73 Å². The highest BCUT2D eigenvalue weighted by atomic mass is 35.5. The smallest absolute Gasteiger partial charge is 0.230 e. The van der Waals surface area contributed by atoms with Gasteiger partial charge in [0.25, 0.3) is 0 Å². The fraction of sp³-hybridized carbons (Fsp3) is 0.500. The van der Waals surface area contributed by atoms with Gasteiger partial charge >= 0.3 is 0 Å². The molecule has 2 unspecified atom stereocenters. The first-order chi connectivity index (χ1) is 10.6. The minimum absolute atomic E-state index is 0. The van der Waals surface area contributed by atoms with Crippen molar-refractivity contribution in [2.24, 2.45) is 5.73 Å². The van der Waals surface area contributed by atoms with Gasteiger partial charge in [-0.15, -0.1) is 12.4 Å². The normalized spacial score (nSPS) is 25.2. The van der Waals surface area contributed by atoms with E-state index in [9.17, 15) is 0 Å². The maximum atomic E-state index is 6.38. The van der Waals surface area contributed by atoms with E-state index in [1.807, 2.05) is 12.1 Å². The minimum atomic E-state index is -0.399. The van der Waals surface area contributed by atoms with Crippen LogP contribution in [-0.4, -0.2) is 10.1 Å². The Balaban J connectivity index is 0.00000156. The van der Waals surface area contributed by atoms with Crippen molar-refractivity contribution in [3.05, 3.63) is 45.5 Å². The lowest BCUT2D eigenvalue weighted by Crippen LogP contribution is -2.34. The minimum Gasteiger partial charge on any atom is -0.339 e. The quantitative estimate of drug-likeness (QED) is 0.838. The van der Waals surface area contributed by atoms with E-state index in [-0.39, 0.29) is 18.3 Å². The lowest BCUT2D eigenvalue weighted by Gasteiger charge is -2.17. The SMILES string of the molecule is Cl.NC1(c2noc(C3CC3c3ccc(Cl)cc3Cl)n2)CCCC1. The van der Waals surface area contributed by atoms with E-state index in [1.165, 1.54) is 0 Å². The Morgan fingerprint density at radius 3 is 2.61 bits per heavy atom. The van der Waals surface area contributed by atoms with Crippen LogP contribution in [0.2, 0.25) is 10.0 Å². The van der Waals surface area contributed by atoms with E-state index in [0.29, 0.717) is 27.7 Å².